The molecule has 0 saturated carbocycles. The van der Waals surface area contributed by atoms with Crippen LogP contribution in [0.5, 0.6) is 11.5 Å². The van der Waals surface area contributed by atoms with Crippen LogP contribution in [-0.2, 0) is 4.79 Å². The van der Waals surface area contributed by atoms with Gasteiger partial charge in [0.15, 0.2) is 6.61 Å². The number of nitrogens with one attached hydrogen (secondary N) is 1. The molecule has 0 bridgehead atoms. The summed E-state index contributed by atoms with van der Waals surface area (Å²) in [7, 11) is 0. The van der Waals surface area contributed by atoms with Crippen molar-refractivity contribution in [3.05, 3.63) is 52.5 Å². The molecule has 5 heteroatoms. The SMILES string of the molecule is Cc1cc(OCC(=O)Nc2ccc(OCCC(C)C)cc2)ccc1Br. The van der Waals surface area contributed by atoms with Crippen LogP contribution in [0.4, 0.5) is 5.69 Å². The molecule has 0 aliphatic rings. The number of hydrogen-bond donors (Lipinski definition) is 1. The van der Waals surface area contributed by atoms with Crippen molar-refractivity contribution in [1.82, 2.24) is 0 Å². The number of halogens is 1. The highest BCUT2D eigenvalue weighted by molar-refractivity contribution is 9.10. The predicted octanol–water partition coefficient (Wildman–Crippen LogP) is 5.20. The lowest BCUT2D eigenvalue weighted by Crippen LogP contribution is -2.20. The molecule has 1 amide bonds. The Bertz CT molecular complexity index is 699. The van der Waals surface area contributed by atoms with Gasteiger partial charge < -0.3 is 14.8 Å². The van der Waals surface area contributed by atoms with Gasteiger partial charge in [-0.2, -0.15) is 0 Å². The average molecular weight is 406 g/mol. The molecule has 0 aliphatic carbocycles. The Kier molecular flexibility index (Phi) is 7.31. The minimum Gasteiger partial charge on any atom is -0.494 e. The smallest absolute Gasteiger partial charge is 0.262 e. The zero-order valence-electron chi connectivity index (χ0n) is 14.8. The van der Waals surface area contributed by atoms with Gasteiger partial charge in [-0.3, -0.25) is 4.79 Å². The summed E-state index contributed by atoms with van der Waals surface area (Å²) in [6, 6.07) is 13.0. The highest BCUT2D eigenvalue weighted by Crippen LogP contribution is 2.21. The first-order chi connectivity index (χ1) is 11.9. The van der Waals surface area contributed by atoms with Gasteiger partial charge in [-0.25, -0.2) is 0 Å². The molecule has 25 heavy (non-hydrogen) atoms. The number of hydrogen-bond acceptors (Lipinski definition) is 3. The monoisotopic (exact) mass is 405 g/mol. The topological polar surface area (TPSA) is 47.6 Å². The Balaban J connectivity index is 1.78. The van der Waals surface area contributed by atoms with E-state index >= 15 is 0 Å². The summed E-state index contributed by atoms with van der Waals surface area (Å²) in [6.45, 7) is 6.97. The van der Waals surface area contributed by atoms with Crippen molar-refractivity contribution >= 4 is 27.5 Å². The van der Waals surface area contributed by atoms with Crippen LogP contribution < -0.4 is 14.8 Å². The van der Waals surface area contributed by atoms with Gasteiger partial charge in [0.2, 0.25) is 0 Å². The molecule has 0 radical (unpaired) electrons. The number of benzene rings is 2. The molecule has 0 atom stereocenters. The van der Waals surface area contributed by atoms with E-state index < -0.39 is 0 Å². The van der Waals surface area contributed by atoms with E-state index in [9.17, 15) is 4.79 Å². The lowest BCUT2D eigenvalue weighted by atomic mass is 10.1. The molecule has 1 N–H and O–H groups in total. The fourth-order valence-corrected chi connectivity index (χ4v) is 2.35. The predicted molar refractivity (Wildman–Crippen MR) is 104 cm³/mol. The minimum absolute atomic E-state index is 0.0340. The van der Waals surface area contributed by atoms with Crippen LogP contribution in [0, 0.1) is 12.8 Å². The lowest BCUT2D eigenvalue weighted by Gasteiger charge is -2.10. The molecule has 2 aromatic carbocycles. The van der Waals surface area contributed by atoms with Crippen LogP contribution in [0.15, 0.2) is 46.9 Å². The maximum Gasteiger partial charge on any atom is 0.262 e. The fourth-order valence-electron chi connectivity index (χ4n) is 2.10. The van der Waals surface area contributed by atoms with E-state index in [1.807, 2.05) is 49.4 Å². The number of anilines is 1. The summed E-state index contributed by atoms with van der Waals surface area (Å²) >= 11 is 3.44. The Morgan fingerprint density at radius 3 is 2.40 bits per heavy atom. The first-order valence-corrected chi connectivity index (χ1v) is 9.15. The van der Waals surface area contributed by atoms with Crippen molar-refractivity contribution in [3.63, 3.8) is 0 Å². The molecule has 2 rings (SSSR count). The van der Waals surface area contributed by atoms with Crippen molar-refractivity contribution in [2.75, 3.05) is 18.5 Å². The second-order valence-corrected chi connectivity index (χ2v) is 7.16. The minimum atomic E-state index is -0.200. The van der Waals surface area contributed by atoms with Crippen LogP contribution >= 0.6 is 15.9 Å². The van der Waals surface area contributed by atoms with Crippen LogP contribution in [0.1, 0.15) is 25.8 Å². The largest absolute Gasteiger partial charge is 0.494 e. The number of aryl methyl sites for hydroxylation is 1. The zero-order chi connectivity index (χ0) is 18.2. The molecule has 0 heterocycles. The number of ether oxygens (including phenoxy) is 2. The van der Waals surface area contributed by atoms with Crippen molar-refractivity contribution < 1.29 is 14.3 Å². The average Bonchev–Trinajstić information content (AvgIpc) is 2.57. The molecule has 134 valence electrons. The Morgan fingerprint density at radius 1 is 1.08 bits per heavy atom. The highest BCUT2D eigenvalue weighted by Gasteiger charge is 2.05. The standard InChI is InChI=1S/C20H24BrNO3/c1-14(2)10-11-24-17-6-4-16(5-7-17)22-20(23)13-25-18-8-9-19(21)15(3)12-18/h4-9,12,14H,10-11,13H2,1-3H3,(H,22,23). The van der Waals surface area contributed by atoms with Gasteiger partial charge in [0, 0.05) is 10.2 Å². The first-order valence-electron chi connectivity index (χ1n) is 8.35. The van der Waals surface area contributed by atoms with Crippen LogP contribution in [0.3, 0.4) is 0 Å². The number of carbonyl (C=O) groups excluding carboxylic acids is 1. The molecule has 0 spiro atoms. The molecule has 2 aromatic rings. The molecule has 0 saturated heterocycles. The summed E-state index contributed by atoms with van der Waals surface area (Å²) in [4.78, 5) is 12.0. The Morgan fingerprint density at radius 2 is 1.76 bits per heavy atom. The fraction of sp³-hybridized carbons (Fsp3) is 0.350. The second-order valence-electron chi connectivity index (χ2n) is 6.30. The number of rotatable bonds is 8. The second kappa shape index (κ2) is 9.47. The summed E-state index contributed by atoms with van der Waals surface area (Å²) in [5.41, 5.74) is 1.78. The molecule has 0 aromatic heterocycles. The Labute approximate surface area is 157 Å². The highest BCUT2D eigenvalue weighted by atomic mass is 79.9. The van der Waals surface area contributed by atoms with Crippen molar-refractivity contribution in [2.45, 2.75) is 27.2 Å². The van der Waals surface area contributed by atoms with Crippen LogP contribution in [-0.4, -0.2) is 19.1 Å². The van der Waals surface area contributed by atoms with Gasteiger partial charge >= 0.3 is 0 Å². The van der Waals surface area contributed by atoms with Gasteiger partial charge in [-0.05, 0) is 67.3 Å². The van der Waals surface area contributed by atoms with Crippen LogP contribution in [0.2, 0.25) is 0 Å². The number of amides is 1. The summed E-state index contributed by atoms with van der Waals surface area (Å²) in [6.07, 6.45) is 1.02. The van der Waals surface area contributed by atoms with E-state index in [2.05, 4.69) is 35.1 Å². The van der Waals surface area contributed by atoms with Crippen molar-refractivity contribution in [3.8, 4) is 11.5 Å². The summed E-state index contributed by atoms with van der Waals surface area (Å²) < 4.78 is 12.2. The van der Waals surface area contributed by atoms with Gasteiger partial charge in [0.1, 0.15) is 11.5 Å². The van der Waals surface area contributed by atoms with E-state index in [0.717, 1.165) is 27.9 Å². The van der Waals surface area contributed by atoms with E-state index in [1.54, 1.807) is 0 Å². The van der Waals surface area contributed by atoms with E-state index in [4.69, 9.17) is 9.47 Å². The molecule has 0 aliphatic heterocycles. The van der Waals surface area contributed by atoms with Crippen molar-refractivity contribution in [2.24, 2.45) is 5.92 Å². The molecular weight excluding hydrogens is 382 g/mol. The van der Waals surface area contributed by atoms with E-state index in [1.165, 1.54) is 0 Å². The molecule has 0 fully saturated rings. The van der Waals surface area contributed by atoms with Gasteiger partial charge in [-0.15, -0.1) is 0 Å². The zero-order valence-corrected chi connectivity index (χ0v) is 16.4. The van der Waals surface area contributed by atoms with E-state index in [-0.39, 0.29) is 12.5 Å². The Hall–Kier alpha value is -2.01. The van der Waals surface area contributed by atoms with Gasteiger partial charge in [-0.1, -0.05) is 29.8 Å². The van der Waals surface area contributed by atoms with Crippen LogP contribution in [0.25, 0.3) is 0 Å². The molecule has 0 unspecified atom stereocenters. The maximum atomic E-state index is 12.0. The third-order valence-electron chi connectivity index (χ3n) is 3.60. The molecular formula is C20H24BrNO3. The lowest BCUT2D eigenvalue weighted by molar-refractivity contribution is -0.118. The van der Waals surface area contributed by atoms with Gasteiger partial charge in [0.25, 0.3) is 5.91 Å². The number of carbonyl (C=O) groups is 1. The third kappa shape index (κ3) is 6.78. The normalized spacial score (nSPS) is 10.6. The summed E-state index contributed by atoms with van der Waals surface area (Å²) in [5, 5.41) is 2.81. The third-order valence-corrected chi connectivity index (χ3v) is 4.49. The maximum absolute atomic E-state index is 12.0. The van der Waals surface area contributed by atoms with E-state index in [0.29, 0.717) is 18.3 Å². The quantitative estimate of drug-likeness (QED) is 0.656. The molecule has 4 nitrogen and oxygen atoms in total. The summed E-state index contributed by atoms with van der Waals surface area (Å²) in [5.74, 6) is 1.90. The van der Waals surface area contributed by atoms with Gasteiger partial charge in [0.05, 0.1) is 6.61 Å². The first kappa shape index (κ1) is 19.3. The van der Waals surface area contributed by atoms with Crippen molar-refractivity contribution in [1.29, 1.82) is 0 Å².